The number of carbonyl (C=O) groups is 1. The molecule has 0 saturated heterocycles. The topological polar surface area (TPSA) is 91.5 Å². The standard InChI is InChI=1S/C22H22N4O3S2/c27-12-10-23-9-5-11-26(21(28)20-8-4-13-30-20)22-24-18(15-31-22)19-14-17(25-29-19)16-6-2-1-3-7-16/h1-4,6-8,13-15,23,27H,5,9-12H2. The van der Waals surface area contributed by atoms with E-state index in [1.54, 1.807) is 4.90 Å². The van der Waals surface area contributed by atoms with Gasteiger partial charge in [-0.15, -0.1) is 22.7 Å². The SMILES string of the molecule is O=C(c1cccs1)N(CCCNCCO)c1nc(-c2cc(-c3ccccc3)no2)cs1. The van der Waals surface area contributed by atoms with Crippen LogP contribution in [-0.4, -0.2) is 47.4 Å². The highest BCUT2D eigenvalue weighted by molar-refractivity contribution is 7.14. The van der Waals surface area contributed by atoms with E-state index in [4.69, 9.17) is 9.63 Å². The fourth-order valence-corrected chi connectivity index (χ4v) is 4.54. The first-order valence-corrected chi connectivity index (χ1v) is 11.7. The van der Waals surface area contributed by atoms with Gasteiger partial charge in [-0.2, -0.15) is 0 Å². The summed E-state index contributed by atoms with van der Waals surface area (Å²) in [6, 6.07) is 15.4. The van der Waals surface area contributed by atoms with Crippen molar-refractivity contribution < 1.29 is 14.4 Å². The Morgan fingerprint density at radius 3 is 2.74 bits per heavy atom. The number of thiazole rings is 1. The normalized spacial score (nSPS) is 11.0. The molecule has 0 aliphatic carbocycles. The van der Waals surface area contributed by atoms with Gasteiger partial charge in [0.15, 0.2) is 10.9 Å². The third kappa shape index (κ3) is 5.26. The number of carbonyl (C=O) groups excluding carboxylic acids is 1. The molecule has 4 rings (SSSR count). The summed E-state index contributed by atoms with van der Waals surface area (Å²) < 4.78 is 5.52. The van der Waals surface area contributed by atoms with Crippen molar-refractivity contribution in [2.24, 2.45) is 0 Å². The van der Waals surface area contributed by atoms with Gasteiger partial charge >= 0.3 is 0 Å². The van der Waals surface area contributed by atoms with Crippen molar-refractivity contribution in [3.63, 3.8) is 0 Å². The molecule has 0 spiro atoms. The minimum Gasteiger partial charge on any atom is -0.395 e. The second kappa shape index (κ2) is 10.5. The van der Waals surface area contributed by atoms with E-state index in [9.17, 15) is 4.79 Å². The zero-order valence-corrected chi connectivity index (χ0v) is 18.4. The zero-order valence-electron chi connectivity index (χ0n) is 16.7. The summed E-state index contributed by atoms with van der Waals surface area (Å²) in [4.78, 5) is 20.1. The number of aliphatic hydroxyl groups excluding tert-OH is 1. The molecule has 0 saturated carbocycles. The van der Waals surface area contributed by atoms with Gasteiger partial charge < -0.3 is 14.9 Å². The Balaban J connectivity index is 1.53. The molecule has 0 fully saturated rings. The average Bonchev–Trinajstić information content (AvgIpc) is 3.57. The summed E-state index contributed by atoms with van der Waals surface area (Å²) in [5.74, 6) is 0.495. The smallest absolute Gasteiger partial charge is 0.270 e. The molecule has 0 aliphatic rings. The third-order valence-electron chi connectivity index (χ3n) is 4.56. The van der Waals surface area contributed by atoms with E-state index >= 15 is 0 Å². The fraction of sp³-hybridized carbons (Fsp3) is 0.227. The van der Waals surface area contributed by atoms with Crippen LogP contribution < -0.4 is 10.2 Å². The second-order valence-electron chi connectivity index (χ2n) is 6.72. The van der Waals surface area contributed by atoms with Crippen LogP contribution in [0.15, 0.2) is 63.8 Å². The lowest BCUT2D eigenvalue weighted by molar-refractivity contribution is 0.0990. The second-order valence-corrected chi connectivity index (χ2v) is 8.50. The van der Waals surface area contributed by atoms with Gasteiger partial charge in [0.05, 0.1) is 11.5 Å². The summed E-state index contributed by atoms with van der Waals surface area (Å²) >= 11 is 2.82. The molecule has 1 aromatic carbocycles. The van der Waals surface area contributed by atoms with Crippen LogP contribution in [-0.2, 0) is 0 Å². The van der Waals surface area contributed by atoms with Crippen LogP contribution in [0.2, 0.25) is 0 Å². The number of nitrogens with zero attached hydrogens (tertiary/aromatic N) is 3. The maximum Gasteiger partial charge on any atom is 0.270 e. The highest BCUT2D eigenvalue weighted by atomic mass is 32.1. The summed E-state index contributed by atoms with van der Waals surface area (Å²) in [6.45, 7) is 1.86. The molecular formula is C22H22N4O3S2. The van der Waals surface area contributed by atoms with Crippen LogP contribution in [0.1, 0.15) is 16.1 Å². The maximum absolute atomic E-state index is 13.1. The lowest BCUT2D eigenvalue weighted by atomic mass is 10.1. The lowest BCUT2D eigenvalue weighted by Crippen LogP contribution is -2.33. The van der Waals surface area contributed by atoms with Crippen molar-refractivity contribution in [2.45, 2.75) is 6.42 Å². The summed E-state index contributed by atoms with van der Waals surface area (Å²) in [7, 11) is 0. The molecule has 9 heteroatoms. The number of aromatic nitrogens is 2. The first kappa shape index (κ1) is 21.4. The molecule has 4 aromatic rings. The fourth-order valence-electron chi connectivity index (χ4n) is 3.03. The molecular weight excluding hydrogens is 432 g/mol. The molecule has 0 unspecified atom stereocenters. The number of rotatable bonds is 10. The Hall–Kier alpha value is -2.85. The molecule has 0 radical (unpaired) electrons. The van der Waals surface area contributed by atoms with Gasteiger partial charge in [-0.05, 0) is 24.4 Å². The van der Waals surface area contributed by atoms with E-state index in [2.05, 4.69) is 15.5 Å². The van der Waals surface area contributed by atoms with Crippen LogP contribution in [0.3, 0.4) is 0 Å². The van der Waals surface area contributed by atoms with E-state index < -0.39 is 0 Å². The summed E-state index contributed by atoms with van der Waals surface area (Å²) in [6.07, 6.45) is 0.743. The first-order chi connectivity index (χ1) is 15.3. The monoisotopic (exact) mass is 454 g/mol. The predicted molar refractivity (Wildman–Crippen MR) is 124 cm³/mol. The molecule has 3 aromatic heterocycles. The number of anilines is 1. The van der Waals surface area contributed by atoms with Gasteiger partial charge in [-0.3, -0.25) is 9.69 Å². The Labute approximate surface area is 188 Å². The zero-order chi connectivity index (χ0) is 21.5. The Morgan fingerprint density at radius 1 is 1.10 bits per heavy atom. The Kier molecular flexibility index (Phi) is 7.21. The molecule has 0 atom stereocenters. The minimum absolute atomic E-state index is 0.0689. The molecule has 160 valence electrons. The highest BCUT2D eigenvalue weighted by Gasteiger charge is 2.22. The van der Waals surface area contributed by atoms with Crippen LogP contribution >= 0.6 is 22.7 Å². The summed E-state index contributed by atoms with van der Waals surface area (Å²) in [5, 5.41) is 20.6. The van der Waals surface area contributed by atoms with Gasteiger partial charge in [-0.25, -0.2) is 4.98 Å². The number of amides is 1. The van der Waals surface area contributed by atoms with Crippen LogP contribution in [0.4, 0.5) is 5.13 Å². The molecule has 0 bridgehead atoms. The van der Waals surface area contributed by atoms with Crippen LogP contribution in [0, 0.1) is 0 Å². The molecule has 2 N–H and O–H groups in total. The van der Waals surface area contributed by atoms with E-state index in [1.807, 2.05) is 59.3 Å². The largest absolute Gasteiger partial charge is 0.395 e. The van der Waals surface area contributed by atoms with Gasteiger partial charge in [0.2, 0.25) is 0 Å². The molecule has 31 heavy (non-hydrogen) atoms. The first-order valence-electron chi connectivity index (χ1n) is 9.91. The van der Waals surface area contributed by atoms with E-state index in [-0.39, 0.29) is 12.5 Å². The van der Waals surface area contributed by atoms with Crippen molar-refractivity contribution in [3.8, 4) is 22.7 Å². The average molecular weight is 455 g/mol. The van der Waals surface area contributed by atoms with Crippen molar-refractivity contribution in [1.29, 1.82) is 0 Å². The van der Waals surface area contributed by atoms with E-state index in [1.165, 1.54) is 22.7 Å². The van der Waals surface area contributed by atoms with Crippen molar-refractivity contribution in [1.82, 2.24) is 15.5 Å². The number of thiophene rings is 1. The quantitative estimate of drug-likeness (QED) is 0.350. The maximum atomic E-state index is 13.1. The van der Waals surface area contributed by atoms with Crippen LogP contribution in [0.5, 0.6) is 0 Å². The molecule has 7 nitrogen and oxygen atoms in total. The van der Waals surface area contributed by atoms with E-state index in [0.717, 1.165) is 17.7 Å². The third-order valence-corrected chi connectivity index (χ3v) is 6.28. The summed E-state index contributed by atoms with van der Waals surface area (Å²) in [5.41, 5.74) is 2.36. The highest BCUT2D eigenvalue weighted by Crippen LogP contribution is 2.31. The van der Waals surface area contributed by atoms with Crippen molar-refractivity contribution in [3.05, 3.63) is 64.2 Å². The Bertz CT molecular complexity index is 1090. The van der Waals surface area contributed by atoms with Crippen molar-refractivity contribution >= 4 is 33.7 Å². The number of benzene rings is 1. The van der Waals surface area contributed by atoms with Crippen molar-refractivity contribution in [2.75, 3.05) is 31.1 Å². The minimum atomic E-state index is -0.0689. The van der Waals surface area contributed by atoms with Gasteiger partial charge in [0.1, 0.15) is 11.4 Å². The molecule has 3 heterocycles. The number of hydrogen-bond acceptors (Lipinski definition) is 8. The number of aliphatic hydroxyl groups is 1. The van der Waals surface area contributed by atoms with Crippen LogP contribution in [0.25, 0.3) is 22.7 Å². The van der Waals surface area contributed by atoms with Gasteiger partial charge in [-0.1, -0.05) is 41.6 Å². The predicted octanol–water partition coefficient (Wildman–Crippen LogP) is 4.15. The molecule has 0 aliphatic heterocycles. The Morgan fingerprint density at radius 2 is 1.97 bits per heavy atom. The van der Waals surface area contributed by atoms with E-state index in [0.29, 0.717) is 41.1 Å². The number of hydrogen-bond donors (Lipinski definition) is 2. The number of nitrogens with one attached hydrogen (secondary N) is 1. The van der Waals surface area contributed by atoms with Gasteiger partial charge in [0.25, 0.3) is 5.91 Å². The lowest BCUT2D eigenvalue weighted by Gasteiger charge is -2.19. The molecule has 1 amide bonds. The van der Waals surface area contributed by atoms with Gasteiger partial charge in [0, 0.05) is 30.1 Å².